The Bertz CT molecular complexity index is 473. The van der Waals surface area contributed by atoms with Crippen molar-refractivity contribution in [1.82, 2.24) is 10.2 Å². The first-order valence-electron chi connectivity index (χ1n) is 6.03. The number of nitrogens with zero attached hydrogens (tertiary/aromatic N) is 1. The van der Waals surface area contributed by atoms with Gasteiger partial charge in [-0.2, -0.15) is 0 Å². The van der Waals surface area contributed by atoms with Crippen molar-refractivity contribution in [3.8, 4) is 0 Å². The van der Waals surface area contributed by atoms with E-state index in [1.165, 1.54) is 16.2 Å². The van der Waals surface area contributed by atoms with E-state index in [1.807, 2.05) is 6.07 Å². The number of thiophene rings is 1. The average Bonchev–Trinajstić information content (AvgIpc) is 3.06. The Balaban J connectivity index is 1.85. The molecule has 1 aromatic rings. The Labute approximate surface area is 120 Å². The Morgan fingerprint density at radius 3 is 2.74 bits per heavy atom. The molecule has 0 unspecified atom stereocenters. The zero-order valence-corrected chi connectivity index (χ0v) is 11.8. The maximum atomic E-state index is 11.9. The van der Waals surface area contributed by atoms with Crippen LogP contribution in [0.1, 0.15) is 17.7 Å². The highest BCUT2D eigenvalue weighted by Crippen LogP contribution is 2.29. The quantitative estimate of drug-likeness (QED) is 0.848. The van der Waals surface area contributed by atoms with Gasteiger partial charge < -0.3 is 15.3 Å². The van der Waals surface area contributed by atoms with Gasteiger partial charge in [-0.25, -0.2) is 4.79 Å². The van der Waals surface area contributed by atoms with E-state index in [2.05, 4.69) is 5.32 Å². The molecule has 1 aliphatic carbocycles. The lowest BCUT2D eigenvalue weighted by Crippen LogP contribution is -2.43. The summed E-state index contributed by atoms with van der Waals surface area (Å²) in [7, 11) is 0. The summed E-state index contributed by atoms with van der Waals surface area (Å²) in [4.78, 5) is 25.0. The number of carboxylic acids is 1. The summed E-state index contributed by atoms with van der Waals surface area (Å²) in [5.41, 5.74) is 0. The molecule has 2 amide bonds. The van der Waals surface area contributed by atoms with Gasteiger partial charge in [-0.1, -0.05) is 11.6 Å². The van der Waals surface area contributed by atoms with Crippen LogP contribution in [0, 0.1) is 5.92 Å². The fourth-order valence-electron chi connectivity index (χ4n) is 1.72. The molecule has 2 N–H and O–H groups in total. The highest BCUT2D eigenvalue weighted by Gasteiger charge is 2.27. The lowest BCUT2D eigenvalue weighted by molar-refractivity contribution is -0.137. The van der Waals surface area contributed by atoms with Crippen molar-refractivity contribution >= 4 is 34.9 Å². The molecule has 2 rings (SSSR count). The summed E-state index contributed by atoms with van der Waals surface area (Å²) in [6.07, 6.45) is 2.15. The molecule has 0 radical (unpaired) electrons. The van der Waals surface area contributed by atoms with Crippen LogP contribution in [0.15, 0.2) is 12.1 Å². The second-order valence-electron chi connectivity index (χ2n) is 4.58. The topological polar surface area (TPSA) is 69.6 Å². The van der Waals surface area contributed by atoms with E-state index in [0.29, 0.717) is 23.3 Å². The van der Waals surface area contributed by atoms with E-state index in [1.54, 1.807) is 6.07 Å². The first-order valence-corrected chi connectivity index (χ1v) is 7.23. The smallest absolute Gasteiger partial charge is 0.323 e. The third-order valence-corrected chi connectivity index (χ3v) is 4.06. The van der Waals surface area contributed by atoms with Crippen molar-refractivity contribution in [3.63, 3.8) is 0 Å². The number of amides is 2. The first-order chi connectivity index (χ1) is 9.04. The number of hydrogen-bond donors (Lipinski definition) is 2. The number of aliphatic carboxylic acids is 1. The Morgan fingerprint density at radius 1 is 1.47 bits per heavy atom. The van der Waals surface area contributed by atoms with Gasteiger partial charge in [0.1, 0.15) is 6.54 Å². The minimum atomic E-state index is -0.991. The molecule has 1 aliphatic rings. The van der Waals surface area contributed by atoms with Gasteiger partial charge in [-0.05, 0) is 30.9 Å². The summed E-state index contributed by atoms with van der Waals surface area (Å²) < 4.78 is 0.671. The molecule has 1 saturated carbocycles. The van der Waals surface area contributed by atoms with Gasteiger partial charge in [0.05, 0.1) is 10.9 Å². The van der Waals surface area contributed by atoms with Gasteiger partial charge in [0.15, 0.2) is 0 Å². The Kier molecular flexibility index (Phi) is 4.66. The molecule has 19 heavy (non-hydrogen) atoms. The van der Waals surface area contributed by atoms with Crippen molar-refractivity contribution in [2.75, 3.05) is 13.1 Å². The zero-order valence-electron chi connectivity index (χ0n) is 10.3. The highest BCUT2D eigenvalue weighted by atomic mass is 35.5. The van der Waals surface area contributed by atoms with Crippen LogP contribution < -0.4 is 5.32 Å². The van der Waals surface area contributed by atoms with Crippen molar-refractivity contribution in [1.29, 1.82) is 0 Å². The van der Waals surface area contributed by atoms with Crippen LogP contribution in [0.2, 0.25) is 4.34 Å². The van der Waals surface area contributed by atoms with E-state index < -0.39 is 5.97 Å². The minimum Gasteiger partial charge on any atom is -0.480 e. The average molecular weight is 303 g/mol. The molecular weight excluding hydrogens is 288 g/mol. The maximum Gasteiger partial charge on any atom is 0.323 e. The van der Waals surface area contributed by atoms with Crippen molar-refractivity contribution in [2.45, 2.75) is 19.4 Å². The number of urea groups is 1. The second-order valence-corrected chi connectivity index (χ2v) is 6.38. The van der Waals surface area contributed by atoms with Crippen LogP contribution in [-0.2, 0) is 11.3 Å². The monoisotopic (exact) mass is 302 g/mol. The molecule has 0 saturated heterocycles. The SMILES string of the molecule is O=C(O)CN(CC1CC1)C(=O)NCc1ccc(Cl)s1. The highest BCUT2D eigenvalue weighted by molar-refractivity contribution is 7.16. The molecule has 1 aromatic heterocycles. The van der Waals surface area contributed by atoms with Crippen molar-refractivity contribution < 1.29 is 14.7 Å². The zero-order chi connectivity index (χ0) is 13.8. The molecule has 104 valence electrons. The standard InChI is InChI=1S/C12H15ClN2O3S/c13-10-4-3-9(19-10)5-14-12(18)15(7-11(16)17)6-8-1-2-8/h3-4,8H,1-2,5-7H2,(H,14,18)(H,16,17). The van der Waals surface area contributed by atoms with Crippen LogP contribution in [0.5, 0.6) is 0 Å². The predicted octanol–water partition coefficient (Wildman–Crippen LogP) is 2.41. The Hall–Kier alpha value is -1.27. The first kappa shape index (κ1) is 14.1. The predicted molar refractivity (Wildman–Crippen MR) is 73.5 cm³/mol. The molecule has 0 atom stereocenters. The van der Waals surface area contributed by atoms with Gasteiger partial charge in [0.2, 0.25) is 0 Å². The number of carboxylic acid groups (broad SMARTS) is 1. The van der Waals surface area contributed by atoms with Crippen LogP contribution >= 0.6 is 22.9 Å². The number of halogens is 1. The van der Waals surface area contributed by atoms with Crippen LogP contribution in [0.25, 0.3) is 0 Å². The number of carbonyl (C=O) groups is 2. The molecule has 1 heterocycles. The van der Waals surface area contributed by atoms with Gasteiger partial charge in [0, 0.05) is 11.4 Å². The molecule has 0 aromatic carbocycles. The largest absolute Gasteiger partial charge is 0.480 e. The fourth-order valence-corrected chi connectivity index (χ4v) is 2.74. The van der Waals surface area contributed by atoms with Gasteiger partial charge in [-0.15, -0.1) is 11.3 Å². The number of rotatable bonds is 6. The van der Waals surface area contributed by atoms with E-state index >= 15 is 0 Å². The Morgan fingerprint density at radius 2 is 2.21 bits per heavy atom. The molecule has 0 aliphatic heterocycles. The van der Waals surface area contributed by atoms with E-state index in [0.717, 1.165) is 17.7 Å². The molecular formula is C12H15ClN2O3S. The summed E-state index contributed by atoms with van der Waals surface area (Å²) in [5, 5.41) is 11.5. The summed E-state index contributed by atoms with van der Waals surface area (Å²) in [6, 6.07) is 3.28. The summed E-state index contributed by atoms with van der Waals surface area (Å²) in [6.45, 7) is 0.633. The molecule has 7 heteroatoms. The summed E-state index contributed by atoms with van der Waals surface area (Å²) in [5.74, 6) is -0.531. The molecule has 5 nitrogen and oxygen atoms in total. The van der Waals surface area contributed by atoms with E-state index in [9.17, 15) is 9.59 Å². The van der Waals surface area contributed by atoms with E-state index in [-0.39, 0.29) is 12.6 Å². The number of carbonyl (C=O) groups excluding carboxylic acids is 1. The second kappa shape index (κ2) is 6.25. The lowest BCUT2D eigenvalue weighted by atomic mass is 10.3. The lowest BCUT2D eigenvalue weighted by Gasteiger charge is -2.20. The van der Waals surface area contributed by atoms with Gasteiger partial charge in [0.25, 0.3) is 0 Å². The molecule has 0 bridgehead atoms. The minimum absolute atomic E-state index is 0.256. The number of nitrogens with one attached hydrogen (secondary N) is 1. The van der Waals surface area contributed by atoms with E-state index in [4.69, 9.17) is 16.7 Å². The third-order valence-electron chi connectivity index (χ3n) is 2.83. The third kappa shape index (κ3) is 4.72. The van der Waals surface area contributed by atoms with Crippen LogP contribution in [-0.4, -0.2) is 35.1 Å². The van der Waals surface area contributed by atoms with Crippen LogP contribution in [0.3, 0.4) is 0 Å². The van der Waals surface area contributed by atoms with Crippen molar-refractivity contribution in [3.05, 3.63) is 21.3 Å². The molecule has 0 spiro atoms. The molecule has 1 fully saturated rings. The summed E-state index contributed by atoms with van der Waals surface area (Å²) >= 11 is 7.20. The maximum absolute atomic E-state index is 11.9. The van der Waals surface area contributed by atoms with Gasteiger partial charge >= 0.3 is 12.0 Å². The fraction of sp³-hybridized carbons (Fsp3) is 0.500. The van der Waals surface area contributed by atoms with Gasteiger partial charge in [-0.3, -0.25) is 4.79 Å². The van der Waals surface area contributed by atoms with Crippen molar-refractivity contribution in [2.24, 2.45) is 5.92 Å². The normalized spacial score (nSPS) is 14.2. The van der Waals surface area contributed by atoms with Crippen LogP contribution in [0.4, 0.5) is 4.79 Å². The number of hydrogen-bond acceptors (Lipinski definition) is 3.